The molecule has 0 bridgehead atoms. The lowest BCUT2D eigenvalue weighted by Gasteiger charge is -2.24. The maximum atomic E-state index is 13.6. The van der Waals surface area contributed by atoms with Crippen molar-refractivity contribution in [2.45, 2.75) is 18.8 Å². The highest BCUT2D eigenvalue weighted by Crippen LogP contribution is 2.37. The smallest absolute Gasteiger partial charge is 0.140 e. The summed E-state index contributed by atoms with van der Waals surface area (Å²) in [6, 6.07) is 2.69. The number of rotatable bonds is 1. The van der Waals surface area contributed by atoms with Crippen LogP contribution in [0.4, 0.5) is 4.39 Å². The topological polar surface area (TPSA) is 32.3 Å². The van der Waals surface area contributed by atoms with E-state index in [1.54, 1.807) is 0 Å². The number of hydrogen-bond acceptors (Lipinski definition) is 2. The number of benzene rings is 1. The lowest BCUT2D eigenvalue weighted by Crippen LogP contribution is -2.28. The zero-order valence-corrected chi connectivity index (χ0v) is 9.02. The van der Waals surface area contributed by atoms with Gasteiger partial charge in [0, 0.05) is 18.0 Å². The van der Waals surface area contributed by atoms with Gasteiger partial charge in [-0.3, -0.25) is 0 Å². The normalized spacial score (nSPS) is 21.6. The molecule has 1 aromatic carbocycles. The van der Waals surface area contributed by atoms with Crippen molar-refractivity contribution in [2.24, 2.45) is 0 Å². The Labute approximate surface area is 93.1 Å². The number of nitrogens with one attached hydrogen (secondary N) is 1. The van der Waals surface area contributed by atoms with Crippen LogP contribution in [0.2, 0.25) is 5.02 Å². The largest absolute Gasteiger partial charge is 0.506 e. The molecule has 0 aliphatic carbocycles. The minimum atomic E-state index is -0.370. The first-order chi connectivity index (χ1) is 7.20. The molecule has 2 N–H and O–H groups in total. The van der Waals surface area contributed by atoms with Crippen molar-refractivity contribution in [3.63, 3.8) is 0 Å². The van der Waals surface area contributed by atoms with E-state index in [4.69, 9.17) is 11.6 Å². The average molecular weight is 230 g/mol. The van der Waals surface area contributed by atoms with Gasteiger partial charge in [0.05, 0.1) is 5.02 Å². The SMILES string of the molecule is Oc1c(Cl)ccc(F)c1C1CCCNC1. The van der Waals surface area contributed by atoms with E-state index in [1.807, 2.05) is 0 Å². The summed E-state index contributed by atoms with van der Waals surface area (Å²) in [7, 11) is 0. The Kier molecular flexibility index (Phi) is 3.12. The summed E-state index contributed by atoms with van der Waals surface area (Å²) in [6.45, 7) is 1.66. The van der Waals surface area contributed by atoms with Gasteiger partial charge < -0.3 is 10.4 Å². The van der Waals surface area contributed by atoms with Gasteiger partial charge in [0.2, 0.25) is 0 Å². The number of phenolic OH excluding ortho intramolecular Hbond substituents is 1. The van der Waals surface area contributed by atoms with Crippen molar-refractivity contribution in [3.8, 4) is 5.75 Å². The Balaban J connectivity index is 2.36. The molecule has 82 valence electrons. The number of hydrogen-bond donors (Lipinski definition) is 2. The minimum Gasteiger partial charge on any atom is -0.506 e. The van der Waals surface area contributed by atoms with Gasteiger partial charge in [-0.1, -0.05) is 11.6 Å². The van der Waals surface area contributed by atoms with Crippen LogP contribution in [0, 0.1) is 5.82 Å². The highest BCUT2D eigenvalue weighted by atomic mass is 35.5. The minimum absolute atomic E-state index is 0.0254. The molecule has 1 unspecified atom stereocenters. The molecule has 1 saturated heterocycles. The van der Waals surface area contributed by atoms with Crippen LogP contribution in [0.25, 0.3) is 0 Å². The van der Waals surface area contributed by atoms with Crippen LogP contribution >= 0.6 is 11.6 Å². The van der Waals surface area contributed by atoms with E-state index >= 15 is 0 Å². The second-order valence-corrected chi connectivity index (χ2v) is 4.24. The fraction of sp³-hybridized carbons (Fsp3) is 0.455. The van der Waals surface area contributed by atoms with Gasteiger partial charge in [-0.15, -0.1) is 0 Å². The van der Waals surface area contributed by atoms with Crippen molar-refractivity contribution in [1.29, 1.82) is 0 Å². The quantitative estimate of drug-likeness (QED) is 0.776. The van der Waals surface area contributed by atoms with Crippen molar-refractivity contribution in [2.75, 3.05) is 13.1 Å². The Morgan fingerprint density at radius 2 is 2.27 bits per heavy atom. The molecule has 0 saturated carbocycles. The summed E-state index contributed by atoms with van der Waals surface area (Å²) in [5, 5.41) is 13.1. The predicted octanol–water partition coefficient (Wildman–Crippen LogP) is 2.65. The summed E-state index contributed by atoms with van der Waals surface area (Å²) in [6.07, 6.45) is 1.88. The molecule has 2 nitrogen and oxygen atoms in total. The van der Waals surface area contributed by atoms with Crippen LogP contribution < -0.4 is 5.32 Å². The fourth-order valence-corrected chi connectivity index (χ4v) is 2.21. The number of halogens is 2. The molecule has 2 rings (SSSR count). The summed E-state index contributed by atoms with van der Waals surface area (Å²) >= 11 is 5.77. The summed E-state index contributed by atoms with van der Waals surface area (Å²) in [5.41, 5.74) is 0.356. The van der Waals surface area contributed by atoms with Crippen LogP contribution in [-0.2, 0) is 0 Å². The van der Waals surface area contributed by atoms with Crippen molar-refractivity contribution >= 4 is 11.6 Å². The first-order valence-electron chi connectivity index (χ1n) is 5.07. The zero-order valence-electron chi connectivity index (χ0n) is 8.26. The Bertz CT molecular complexity index is 364. The number of phenols is 1. The lowest BCUT2D eigenvalue weighted by molar-refractivity contribution is 0.410. The zero-order chi connectivity index (χ0) is 10.8. The third kappa shape index (κ3) is 2.08. The maximum Gasteiger partial charge on any atom is 0.140 e. The highest BCUT2D eigenvalue weighted by molar-refractivity contribution is 6.32. The van der Waals surface area contributed by atoms with E-state index in [9.17, 15) is 9.50 Å². The van der Waals surface area contributed by atoms with Crippen LogP contribution in [0.1, 0.15) is 24.3 Å². The third-order valence-electron chi connectivity index (χ3n) is 2.82. The second-order valence-electron chi connectivity index (χ2n) is 3.83. The molecule has 1 aliphatic heterocycles. The lowest BCUT2D eigenvalue weighted by atomic mass is 9.90. The van der Waals surface area contributed by atoms with Crippen molar-refractivity contribution < 1.29 is 9.50 Å². The number of aromatic hydroxyl groups is 1. The second kappa shape index (κ2) is 4.37. The molecule has 0 spiro atoms. The Morgan fingerprint density at radius 1 is 1.47 bits per heavy atom. The highest BCUT2D eigenvalue weighted by Gasteiger charge is 2.23. The molecule has 1 fully saturated rings. The van der Waals surface area contributed by atoms with Gasteiger partial charge in [0.25, 0.3) is 0 Å². The summed E-state index contributed by atoms with van der Waals surface area (Å²) < 4.78 is 13.6. The van der Waals surface area contributed by atoms with Gasteiger partial charge in [-0.25, -0.2) is 4.39 Å². The van der Waals surface area contributed by atoms with Crippen LogP contribution in [0.3, 0.4) is 0 Å². The first kappa shape index (κ1) is 10.7. The van der Waals surface area contributed by atoms with E-state index < -0.39 is 0 Å². The van der Waals surface area contributed by atoms with E-state index in [1.165, 1.54) is 12.1 Å². The monoisotopic (exact) mass is 229 g/mol. The standard InChI is InChI=1S/C11H13ClFNO/c12-8-3-4-9(13)10(11(8)15)7-2-1-5-14-6-7/h3-4,7,14-15H,1-2,5-6H2. The molecule has 1 aromatic rings. The molecule has 1 atom stereocenters. The van der Waals surface area contributed by atoms with Gasteiger partial charge in [0.1, 0.15) is 11.6 Å². The Morgan fingerprint density at radius 3 is 2.93 bits per heavy atom. The molecule has 4 heteroatoms. The van der Waals surface area contributed by atoms with Gasteiger partial charge in [0.15, 0.2) is 0 Å². The molecule has 0 amide bonds. The van der Waals surface area contributed by atoms with Gasteiger partial charge in [-0.2, -0.15) is 0 Å². The molecule has 1 aliphatic rings. The number of piperidine rings is 1. The summed E-state index contributed by atoms with van der Waals surface area (Å²) in [5.74, 6) is -0.451. The third-order valence-corrected chi connectivity index (χ3v) is 3.12. The fourth-order valence-electron chi connectivity index (χ4n) is 2.04. The van der Waals surface area contributed by atoms with Gasteiger partial charge >= 0.3 is 0 Å². The van der Waals surface area contributed by atoms with Crippen LogP contribution in [0.5, 0.6) is 5.75 Å². The van der Waals surface area contributed by atoms with E-state index in [-0.39, 0.29) is 22.5 Å². The van der Waals surface area contributed by atoms with E-state index in [2.05, 4.69) is 5.32 Å². The maximum absolute atomic E-state index is 13.6. The Hall–Kier alpha value is -0.800. The van der Waals surface area contributed by atoms with Crippen molar-refractivity contribution in [1.82, 2.24) is 5.32 Å². The van der Waals surface area contributed by atoms with E-state index in [0.717, 1.165) is 19.4 Å². The van der Waals surface area contributed by atoms with Crippen molar-refractivity contribution in [3.05, 3.63) is 28.5 Å². The average Bonchev–Trinajstić information content (AvgIpc) is 2.26. The van der Waals surface area contributed by atoms with Crippen LogP contribution in [-0.4, -0.2) is 18.2 Å². The molecule has 0 aromatic heterocycles. The predicted molar refractivity (Wildman–Crippen MR) is 57.9 cm³/mol. The first-order valence-corrected chi connectivity index (χ1v) is 5.45. The van der Waals surface area contributed by atoms with Crippen LogP contribution in [0.15, 0.2) is 12.1 Å². The molecular weight excluding hydrogens is 217 g/mol. The summed E-state index contributed by atoms with van der Waals surface area (Å²) in [4.78, 5) is 0. The molecule has 0 radical (unpaired) electrons. The van der Waals surface area contributed by atoms with Gasteiger partial charge in [-0.05, 0) is 31.5 Å². The molecule has 1 heterocycles. The molecular formula is C11H13ClFNO. The van der Waals surface area contributed by atoms with E-state index in [0.29, 0.717) is 12.1 Å². The molecule has 15 heavy (non-hydrogen) atoms.